The molecule has 0 N–H and O–H groups in total. The van der Waals surface area contributed by atoms with Gasteiger partial charge in [0, 0.05) is 17.3 Å². The molecule has 4 unspecified atom stereocenters. The molecule has 0 saturated carbocycles. The molecule has 0 aromatic heterocycles. The Labute approximate surface area is 124 Å². The second-order valence-electron chi connectivity index (χ2n) is 6.41. The molecule has 4 atom stereocenters. The van der Waals surface area contributed by atoms with Crippen molar-refractivity contribution in [3.05, 3.63) is 54.3 Å². The van der Waals surface area contributed by atoms with Crippen LogP contribution in [0.15, 0.2) is 48.7 Å². The minimum atomic E-state index is -0.0859. The highest BCUT2D eigenvalue weighted by molar-refractivity contribution is 6.02. The van der Waals surface area contributed by atoms with Crippen molar-refractivity contribution >= 4 is 11.6 Å². The minimum absolute atomic E-state index is 0.0244. The summed E-state index contributed by atoms with van der Waals surface area (Å²) in [6, 6.07) is 8.24. The largest absolute Gasteiger partial charge is 0.365 e. The van der Waals surface area contributed by atoms with Crippen molar-refractivity contribution in [3.63, 3.8) is 0 Å². The Morgan fingerprint density at radius 1 is 1.10 bits per heavy atom. The second-order valence-corrected chi connectivity index (χ2v) is 6.41. The zero-order valence-electron chi connectivity index (χ0n) is 12.3. The van der Waals surface area contributed by atoms with Crippen LogP contribution in [0.25, 0.3) is 0 Å². The van der Waals surface area contributed by atoms with Crippen LogP contribution >= 0.6 is 0 Å². The predicted octanol–water partition coefficient (Wildman–Crippen LogP) is 3.24. The number of ether oxygens (including phenoxy) is 1. The maximum absolute atomic E-state index is 12.8. The number of carbonyl (C=O) groups is 1. The van der Waals surface area contributed by atoms with E-state index in [0.717, 1.165) is 11.4 Å². The molecule has 2 bridgehead atoms. The Morgan fingerprint density at radius 2 is 1.71 bits per heavy atom. The summed E-state index contributed by atoms with van der Waals surface area (Å²) in [5.74, 6) is 0.637. The molecule has 21 heavy (non-hydrogen) atoms. The highest BCUT2D eigenvalue weighted by Gasteiger charge is 2.57. The zero-order valence-corrected chi connectivity index (χ0v) is 12.3. The number of rotatable bonds is 2. The van der Waals surface area contributed by atoms with Crippen LogP contribution in [0, 0.1) is 11.8 Å². The summed E-state index contributed by atoms with van der Waals surface area (Å²) in [6.45, 7) is 8.51. The number of hydrogen-bond donors (Lipinski definition) is 0. The van der Waals surface area contributed by atoms with E-state index >= 15 is 0 Å². The Bertz CT molecular complexity index is 614. The molecule has 3 nitrogen and oxygen atoms in total. The van der Waals surface area contributed by atoms with Crippen molar-refractivity contribution in [1.29, 1.82) is 0 Å². The monoisotopic (exact) mass is 281 g/mol. The second kappa shape index (κ2) is 4.31. The fourth-order valence-electron chi connectivity index (χ4n) is 3.74. The first kappa shape index (κ1) is 12.8. The van der Waals surface area contributed by atoms with Crippen molar-refractivity contribution in [1.82, 2.24) is 0 Å². The van der Waals surface area contributed by atoms with Crippen LogP contribution in [0.1, 0.15) is 25.3 Å². The van der Waals surface area contributed by atoms with Crippen molar-refractivity contribution in [2.24, 2.45) is 11.8 Å². The van der Waals surface area contributed by atoms with E-state index in [2.05, 4.69) is 38.6 Å². The molecule has 1 aromatic rings. The Kier molecular flexibility index (Phi) is 2.64. The van der Waals surface area contributed by atoms with Gasteiger partial charge in [-0.1, -0.05) is 44.7 Å². The first-order chi connectivity index (χ1) is 10.1. The molecule has 3 heterocycles. The highest BCUT2D eigenvalue weighted by Crippen LogP contribution is 2.50. The first-order valence-corrected chi connectivity index (χ1v) is 7.54. The Morgan fingerprint density at radius 3 is 2.29 bits per heavy atom. The van der Waals surface area contributed by atoms with Crippen LogP contribution in [0.2, 0.25) is 0 Å². The quantitative estimate of drug-likeness (QED) is 0.779. The van der Waals surface area contributed by atoms with Crippen molar-refractivity contribution in [2.75, 3.05) is 4.90 Å². The molecule has 3 aliphatic rings. The number of benzene rings is 1. The lowest BCUT2D eigenvalue weighted by atomic mass is 9.84. The van der Waals surface area contributed by atoms with Crippen molar-refractivity contribution in [3.8, 4) is 0 Å². The van der Waals surface area contributed by atoms with Gasteiger partial charge in [0.2, 0.25) is 5.91 Å². The van der Waals surface area contributed by atoms with E-state index < -0.39 is 0 Å². The van der Waals surface area contributed by atoms with Crippen LogP contribution in [0.5, 0.6) is 0 Å². The van der Waals surface area contributed by atoms with E-state index in [1.165, 1.54) is 5.56 Å². The van der Waals surface area contributed by atoms with Gasteiger partial charge in [0.15, 0.2) is 0 Å². The average Bonchev–Trinajstić information content (AvgIpc) is 3.13. The molecule has 0 radical (unpaired) electrons. The lowest BCUT2D eigenvalue weighted by Gasteiger charge is -2.22. The molecule has 2 saturated heterocycles. The van der Waals surface area contributed by atoms with Gasteiger partial charge in [0.1, 0.15) is 0 Å². The summed E-state index contributed by atoms with van der Waals surface area (Å²) in [5, 5.41) is 0. The maximum Gasteiger partial charge on any atom is 0.238 e. The molecule has 3 aliphatic heterocycles. The van der Waals surface area contributed by atoms with Crippen LogP contribution in [0.3, 0.4) is 0 Å². The molecular weight excluding hydrogens is 262 g/mol. The zero-order chi connectivity index (χ0) is 14.7. The van der Waals surface area contributed by atoms with Crippen molar-refractivity contribution in [2.45, 2.75) is 32.0 Å². The highest BCUT2D eigenvalue weighted by atomic mass is 16.5. The van der Waals surface area contributed by atoms with E-state index in [9.17, 15) is 4.79 Å². The number of amides is 1. The van der Waals surface area contributed by atoms with E-state index in [-0.39, 0.29) is 30.0 Å². The molecule has 3 heteroatoms. The number of nitrogens with zero attached hydrogens (tertiary/aromatic N) is 1. The van der Waals surface area contributed by atoms with Gasteiger partial charge in [-0.15, -0.1) is 0 Å². The normalized spacial score (nSPS) is 33.4. The number of fused-ring (bicyclic) bond motifs is 5. The lowest BCUT2D eigenvalue weighted by Crippen LogP contribution is -2.30. The van der Waals surface area contributed by atoms with Gasteiger partial charge in [-0.25, -0.2) is 0 Å². The molecule has 2 fully saturated rings. The third-order valence-electron chi connectivity index (χ3n) is 4.90. The number of hydrogen-bond acceptors (Lipinski definition) is 2. The molecule has 4 rings (SSSR count). The summed E-state index contributed by atoms with van der Waals surface area (Å²) >= 11 is 0. The van der Waals surface area contributed by atoms with E-state index in [1.54, 1.807) is 4.90 Å². The molecular formula is C18H19NO2. The van der Waals surface area contributed by atoms with Gasteiger partial charge in [-0.05, 0) is 23.6 Å². The molecule has 1 aromatic carbocycles. The molecule has 1 amide bonds. The lowest BCUT2D eigenvalue weighted by molar-refractivity contribution is -0.121. The number of anilines is 1. The smallest absolute Gasteiger partial charge is 0.238 e. The third-order valence-corrected chi connectivity index (χ3v) is 4.90. The van der Waals surface area contributed by atoms with Crippen LogP contribution in [-0.2, 0) is 9.53 Å². The molecule has 0 aliphatic carbocycles. The summed E-state index contributed by atoms with van der Waals surface area (Å²) in [4.78, 5) is 14.5. The molecule has 108 valence electrons. The fourth-order valence-corrected chi connectivity index (χ4v) is 3.74. The van der Waals surface area contributed by atoms with Crippen LogP contribution in [-0.4, -0.2) is 18.1 Å². The molecule has 0 spiro atoms. The van der Waals surface area contributed by atoms with Gasteiger partial charge >= 0.3 is 0 Å². The van der Waals surface area contributed by atoms with Gasteiger partial charge < -0.3 is 4.74 Å². The standard InChI is InChI=1S/C18H19NO2/c1-10(2)12-4-6-13(7-5-12)19-11(3)16-14-8-9-15(21-14)17(16)18(19)20/h4-10,14-17H,3H2,1-2H3. The van der Waals surface area contributed by atoms with Crippen LogP contribution in [0.4, 0.5) is 5.69 Å². The third kappa shape index (κ3) is 1.67. The van der Waals surface area contributed by atoms with E-state index in [4.69, 9.17) is 4.74 Å². The Hall–Kier alpha value is -1.87. The first-order valence-electron chi connectivity index (χ1n) is 7.54. The van der Waals surface area contributed by atoms with Crippen molar-refractivity contribution < 1.29 is 9.53 Å². The van der Waals surface area contributed by atoms with E-state index in [0.29, 0.717) is 5.92 Å². The summed E-state index contributed by atoms with van der Waals surface area (Å²) < 4.78 is 5.80. The minimum Gasteiger partial charge on any atom is -0.365 e. The van der Waals surface area contributed by atoms with Gasteiger partial charge in [-0.3, -0.25) is 9.69 Å². The SMILES string of the molecule is C=C1C2C3C=CC(O3)C2C(=O)N1c1ccc(C(C)C)cc1. The van der Waals surface area contributed by atoms with Gasteiger partial charge in [-0.2, -0.15) is 0 Å². The van der Waals surface area contributed by atoms with E-state index in [1.807, 2.05) is 18.2 Å². The fraction of sp³-hybridized carbons (Fsp3) is 0.389. The van der Waals surface area contributed by atoms with Crippen LogP contribution < -0.4 is 4.90 Å². The Balaban J connectivity index is 1.68. The topological polar surface area (TPSA) is 29.5 Å². The summed E-state index contributed by atoms with van der Waals surface area (Å²) in [6.07, 6.45) is 4.04. The summed E-state index contributed by atoms with van der Waals surface area (Å²) in [5.41, 5.74) is 3.07. The predicted molar refractivity (Wildman–Crippen MR) is 81.9 cm³/mol. The average molecular weight is 281 g/mol. The number of carbonyl (C=O) groups excluding carboxylic acids is 1. The van der Waals surface area contributed by atoms with Gasteiger partial charge in [0.25, 0.3) is 0 Å². The summed E-state index contributed by atoms with van der Waals surface area (Å²) in [7, 11) is 0. The van der Waals surface area contributed by atoms with Gasteiger partial charge in [0.05, 0.1) is 18.1 Å². The maximum atomic E-state index is 12.8.